The van der Waals surface area contributed by atoms with Gasteiger partial charge in [-0.3, -0.25) is 0 Å². The molecule has 0 unspecified atom stereocenters. The summed E-state index contributed by atoms with van der Waals surface area (Å²) in [6.45, 7) is 0. The van der Waals surface area contributed by atoms with Gasteiger partial charge in [0.05, 0.1) is 14.2 Å². The largest absolute Gasteiger partial charge is 0.497 e. The lowest BCUT2D eigenvalue weighted by Crippen LogP contribution is -2.37. The van der Waals surface area contributed by atoms with Crippen molar-refractivity contribution in [3.8, 4) is 11.5 Å². The Labute approximate surface area is 96.8 Å². The highest BCUT2D eigenvalue weighted by molar-refractivity contribution is 5.43. The van der Waals surface area contributed by atoms with Crippen LogP contribution in [0.3, 0.4) is 0 Å². The topological polar surface area (TPSA) is 30.5 Å². The van der Waals surface area contributed by atoms with Crippen LogP contribution in [0.5, 0.6) is 11.5 Å². The second kappa shape index (κ2) is 4.74. The summed E-state index contributed by atoms with van der Waals surface area (Å²) in [6, 6.07) is 6.67. The monoisotopic (exact) mass is 221 g/mol. The molecule has 1 fully saturated rings. The fourth-order valence-corrected chi connectivity index (χ4v) is 2.27. The summed E-state index contributed by atoms with van der Waals surface area (Å²) in [7, 11) is 5.44. The molecule has 16 heavy (non-hydrogen) atoms. The second-order valence-corrected chi connectivity index (χ2v) is 4.26. The van der Waals surface area contributed by atoms with Crippen molar-refractivity contribution in [1.29, 1.82) is 0 Å². The van der Waals surface area contributed by atoms with Crippen molar-refractivity contribution in [3.05, 3.63) is 23.8 Å². The minimum absolute atomic E-state index is 0.600. The Morgan fingerprint density at radius 1 is 1.19 bits per heavy atom. The van der Waals surface area contributed by atoms with E-state index in [9.17, 15) is 0 Å². The van der Waals surface area contributed by atoms with Crippen LogP contribution in [0.1, 0.15) is 24.3 Å². The molecule has 1 aromatic rings. The number of ether oxygens (including phenoxy) is 2. The molecule has 0 bridgehead atoms. The molecule has 88 valence electrons. The summed E-state index contributed by atoms with van der Waals surface area (Å²) in [5.41, 5.74) is 1.27. The molecule has 1 N–H and O–H groups in total. The maximum atomic E-state index is 5.39. The minimum Gasteiger partial charge on any atom is -0.497 e. The average Bonchev–Trinajstić information content (AvgIpc) is 2.27. The highest BCUT2D eigenvalue weighted by Gasteiger charge is 2.31. The van der Waals surface area contributed by atoms with Crippen molar-refractivity contribution >= 4 is 0 Å². The van der Waals surface area contributed by atoms with Crippen molar-refractivity contribution in [1.82, 2.24) is 5.32 Å². The number of benzene rings is 1. The van der Waals surface area contributed by atoms with Gasteiger partial charge >= 0.3 is 0 Å². The first-order valence-corrected chi connectivity index (χ1v) is 5.67. The Balaban J connectivity index is 2.18. The molecule has 1 saturated carbocycles. The van der Waals surface area contributed by atoms with E-state index in [2.05, 4.69) is 11.4 Å². The zero-order valence-corrected chi connectivity index (χ0v) is 10.1. The third-order valence-corrected chi connectivity index (χ3v) is 3.42. The van der Waals surface area contributed by atoms with Crippen molar-refractivity contribution in [2.24, 2.45) is 0 Å². The first-order chi connectivity index (χ1) is 7.78. The van der Waals surface area contributed by atoms with Gasteiger partial charge in [-0.05, 0) is 44.0 Å². The molecule has 3 heteroatoms. The van der Waals surface area contributed by atoms with E-state index in [0.717, 1.165) is 11.5 Å². The van der Waals surface area contributed by atoms with E-state index in [1.165, 1.54) is 18.4 Å². The molecular weight excluding hydrogens is 202 g/mol. The van der Waals surface area contributed by atoms with Crippen LogP contribution in [0, 0.1) is 0 Å². The molecule has 0 aromatic heterocycles. The van der Waals surface area contributed by atoms with E-state index >= 15 is 0 Å². The van der Waals surface area contributed by atoms with Gasteiger partial charge in [-0.1, -0.05) is 0 Å². The van der Waals surface area contributed by atoms with Crippen molar-refractivity contribution in [2.75, 3.05) is 21.3 Å². The van der Waals surface area contributed by atoms with Crippen LogP contribution in [0.25, 0.3) is 0 Å². The van der Waals surface area contributed by atoms with Gasteiger partial charge in [-0.25, -0.2) is 0 Å². The molecule has 1 aromatic carbocycles. The number of rotatable bonds is 4. The Kier molecular flexibility index (Phi) is 3.34. The molecule has 0 aliphatic heterocycles. The van der Waals surface area contributed by atoms with Crippen LogP contribution >= 0.6 is 0 Å². The van der Waals surface area contributed by atoms with Crippen molar-refractivity contribution < 1.29 is 9.47 Å². The summed E-state index contributed by atoms with van der Waals surface area (Å²) in [4.78, 5) is 0. The van der Waals surface area contributed by atoms with E-state index < -0.39 is 0 Å². The maximum Gasteiger partial charge on any atom is 0.122 e. The highest BCUT2D eigenvalue weighted by atomic mass is 16.5. The van der Waals surface area contributed by atoms with Crippen molar-refractivity contribution in [2.45, 2.75) is 24.8 Å². The van der Waals surface area contributed by atoms with E-state index in [1.807, 2.05) is 19.2 Å². The minimum atomic E-state index is 0.600. The van der Waals surface area contributed by atoms with Crippen molar-refractivity contribution in [3.63, 3.8) is 0 Å². The Morgan fingerprint density at radius 2 is 1.94 bits per heavy atom. The fraction of sp³-hybridized carbons (Fsp3) is 0.538. The Morgan fingerprint density at radius 3 is 2.50 bits per heavy atom. The molecule has 3 nitrogen and oxygen atoms in total. The predicted octanol–water partition coefficient (Wildman–Crippen LogP) is 2.17. The van der Waals surface area contributed by atoms with Gasteiger partial charge in [-0.15, -0.1) is 0 Å². The van der Waals surface area contributed by atoms with Gasteiger partial charge in [0.25, 0.3) is 0 Å². The first-order valence-electron chi connectivity index (χ1n) is 5.67. The van der Waals surface area contributed by atoms with Gasteiger partial charge in [0, 0.05) is 11.6 Å². The van der Waals surface area contributed by atoms with Crippen LogP contribution < -0.4 is 14.8 Å². The molecular formula is C13H19NO2. The molecule has 0 heterocycles. The summed E-state index contributed by atoms with van der Waals surface area (Å²) < 4.78 is 10.6. The normalized spacial score (nSPS) is 23.7. The predicted molar refractivity (Wildman–Crippen MR) is 64.4 cm³/mol. The fourth-order valence-electron chi connectivity index (χ4n) is 2.27. The van der Waals surface area contributed by atoms with Crippen LogP contribution in [-0.4, -0.2) is 27.3 Å². The van der Waals surface area contributed by atoms with Crippen LogP contribution in [0.2, 0.25) is 0 Å². The zero-order chi connectivity index (χ0) is 11.5. The average molecular weight is 221 g/mol. The molecule has 0 saturated heterocycles. The van der Waals surface area contributed by atoms with Crippen LogP contribution in [0.4, 0.5) is 0 Å². The first kappa shape index (κ1) is 11.3. The summed E-state index contributed by atoms with van der Waals surface area (Å²) in [5, 5.41) is 3.30. The quantitative estimate of drug-likeness (QED) is 0.845. The van der Waals surface area contributed by atoms with Gasteiger partial charge in [0.2, 0.25) is 0 Å². The number of hydrogen-bond donors (Lipinski definition) is 1. The lowest BCUT2D eigenvalue weighted by atomic mass is 9.75. The standard InChI is InChI=1S/C13H19NO2/c1-14-10-6-9(7-10)12-8-11(15-2)4-5-13(12)16-3/h4-5,8-10,14H,6-7H2,1-3H3. The molecule has 2 rings (SSSR count). The molecule has 1 aliphatic carbocycles. The number of hydrogen-bond acceptors (Lipinski definition) is 3. The van der Waals surface area contributed by atoms with E-state index in [-0.39, 0.29) is 0 Å². The smallest absolute Gasteiger partial charge is 0.122 e. The van der Waals surface area contributed by atoms with Crippen LogP contribution in [0.15, 0.2) is 18.2 Å². The maximum absolute atomic E-state index is 5.39. The number of methoxy groups -OCH3 is 2. The molecule has 0 amide bonds. The van der Waals surface area contributed by atoms with E-state index in [1.54, 1.807) is 14.2 Å². The summed E-state index contributed by atoms with van der Waals surface area (Å²) in [5.74, 6) is 2.48. The molecule has 0 atom stereocenters. The molecule has 0 spiro atoms. The summed E-state index contributed by atoms with van der Waals surface area (Å²) in [6.07, 6.45) is 2.36. The highest BCUT2D eigenvalue weighted by Crippen LogP contribution is 2.42. The van der Waals surface area contributed by atoms with Gasteiger partial charge in [0.1, 0.15) is 11.5 Å². The van der Waals surface area contributed by atoms with Gasteiger partial charge < -0.3 is 14.8 Å². The second-order valence-electron chi connectivity index (χ2n) is 4.26. The number of nitrogens with one attached hydrogen (secondary N) is 1. The van der Waals surface area contributed by atoms with Gasteiger partial charge in [0.15, 0.2) is 0 Å². The lowest BCUT2D eigenvalue weighted by Gasteiger charge is -2.36. The summed E-state index contributed by atoms with van der Waals surface area (Å²) >= 11 is 0. The third-order valence-electron chi connectivity index (χ3n) is 3.42. The Hall–Kier alpha value is -1.22. The van der Waals surface area contributed by atoms with E-state index in [0.29, 0.717) is 12.0 Å². The Bertz CT molecular complexity index is 359. The van der Waals surface area contributed by atoms with Gasteiger partial charge in [-0.2, -0.15) is 0 Å². The molecule has 0 radical (unpaired) electrons. The molecule has 1 aliphatic rings. The van der Waals surface area contributed by atoms with Crippen LogP contribution in [-0.2, 0) is 0 Å². The third kappa shape index (κ3) is 2.00. The lowest BCUT2D eigenvalue weighted by molar-refractivity contribution is 0.296. The SMILES string of the molecule is CNC1CC(c2cc(OC)ccc2OC)C1. The van der Waals surface area contributed by atoms with E-state index in [4.69, 9.17) is 9.47 Å². The zero-order valence-electron chi connectivity index (χ0n) is 10.1.